The van der Waals surface area contributed by atoms with Gasteiger partial charge in [0.25, 0.3) is 0 Å². The third-order valence-corrected chi connectivity index (χ3v) is 3.43. The summed E-state index contributed by atoms with van der Waals surface area (Å²) in [6.07, 6.45) is 4.02. The van der Waals surface area contributed by atoms with Gasteiger partial charge in [0.1, 0.15) is 0 Å². The van der Waals surface area contributed by atoms with Crippen LogP contribution in [0.15, 0.2) is 35.9 Å². The lowest BCUT2D eigenvalue weighted by Crippen LogP contribution is -2.18. The first-order valence-electron chi connectivity index (χ1n) is 6.03. The number of methoxy groups -OCH3 is 1. The Labute approximate surface area is 102 Å². The summed E-state index contributed by atoms with van der Waals surface area (Å²) >= 11 is 0. The number of hydrogen-bond donors (Lipinski definition) is 0. The van der Waals surface area contributed by atoms with Gasteiger partial charge in [-0.25, -0.2) is 0 Å². The van der Waals surface area contributed by atoms with Crippen molar-refractivity contribution in [3.05, 3.63) is 41.5 Å². The van der Waals surface area contributed by atoms with Crippen molar-refractivity contribution in [1.82, 2.24) is 0 Å². The molecule has 0 bridgehead atoms. The molecule has 2 heteroatoms. The lowest BCUT2D eigenvalue weighted by molar-refractivity contribution is -0.146. The van der Waals surface area contributed by atoms with Crippen LogP contribution in [0.25, 0.3) is 6.08 Å². The van der Waals surface area contributed by atoms with E-state index in [-0.39, 0.29) is 11.9 Å². The maximum absolute atomic E-state index is 11.6. The van der Waals surface area contributed by atoms with Crippen molar-refractivity contribution in [2.24, 2.45) is 11.8 Å². The maximum atomic E-state index is 11.6. The summed E-state index contributed by atoms with van der Waals surface area (Å²) in [6.45, 7) is 2.12. The smallest absolute Gasteiger partial charge is 0.309 e. The minimum absolute atomic E-state index is 0.0370. The van der Waals surface area contributed by atoms with Crippen molar-refractivity contribution < 1.29 is 9.53 Å². The SMILES string of the molecule is COC(=O)C1CC(=Cc2ccccc2)CC1C. The average molecular weight is 230 g/mol. The van der Waals surface area contributed by atoms with Crippen LogP contribution < -0.4 is 0 Å². The molecule has 0 amide bonds. The van der Waals surface area contributed by atoms with Crippen LogP contribution in [-0.4, -0.2) is 13.1 Å². The number of rotatable bonds is 2. The normalized spacial score (nSPS) is 26.1. The van der Waals surface area contributed by atoms with E-state index in [9.17, 15) is 4.79 Å². The minimum atomic E-state index is -0.0750. The molecule has 0 heterocycles. The molecule has 1 aliphatic carbocycles. The third-order valence-electron chi connectivity index (χ3n) is 3.43. The highest BCUT2D eigenvalue weighted by Gasteiger charge is 2.33. The van der Waals surface area contributed by atoms with E-state index >= 15 is 0 Å². The molecule has 0 saturated heterocycles. The highest BCUT2D eigenvalue weighted by molar-refractivity contribution is 5.74. The lowest BCUT2D eigenvalue weighted by atomic mass is 9.99. The molecule has 2 nitrogen and oxygen atoms in total. The molecule has 2 unspecified atom stereocenters. The minimum Gasteiger partial charge on any atom is -0.469 e. The summed E-state index contributed by atoms with van der Waals surface area (Å²) < 4.78 is 4.84. The number of carbonyl (C=O) groups is 1. The maximum Gasteiger partial charge on any atom is 0.309 e. The molecule has 0 aliphatic heterocycles. The first-order valence-corrected chi connectivity index (χ1v) is 6.03. The van der Waals surface area contributed by atoms with Crippen LogP contribution in [0.2, 0.25) is 0 Å². The fourth-order valence-corrected chi connectivity index (χ4v) is 2.49. The van der Waals surface area contributed by atoms with Gasteiger partial charge >= 0.3 is 5.97 Å². The first kappa shape index (κ1) is 11.9. The summed E-state index contributed by atoms with van der Waals surface area (Å²) in [5.74, 6) is 0.348. The number of benzene rings is 1. The van der Waals surface area contributed by atoms with Gasteiger partial charge in [-0.15, -0.1) is 0 Å². The third kappa shape index (κ3) is 2.76. The second-order valence-electron chi connectivity index (χ2n) is 4.73. The molecule has 17 heavy (non-hydrogen) atoms. The monoisotopic (exact) mass is 230 g/mol. The van der Waals surface area contributed by atoms with Gasteiger partial charge in [0.05, 0.1) is 13.0 Å². The van der Waals surface area contributed by atoms with Gasteiger partial charge in [-0.05, 0) is 24.3 Å². The van der Waals surface area contributed by atoms with E-state index in [4.69, 9.17) is 4.74 Å². The second-order valence-corrected chi connectivity index (χ2v) is 4.73. The van der Waals surface area contributed by atoms with Gasteiger partial charge in [0, 0.05) is 0 Å². The Balaban J connectivity index is 2.11. The predicted octanol–water partition coefficient (Wildman–Crippen LogP) is 3.29. The van der Waals surface area contributed by atoms with Crippen LogP contribution in [0.1, 0.15) is 25.3 Å². The van der Waals surface area contributed by atoms with Crippen molar-refractivity contribution in [2.45, 2.75) is 19.8 Å². The Morgan fingerprint density at radius 2 is 2.00 bits per heavy atom. The standard InChI is InChI=1S/C15H18O2/c1-11-8-13(10-14(11)15(16)17-2)9-12-6-4-3-5-7-12/h3-7,9,11,14H,8,10H2,1-2H3. The van der Waals surface area contributed by atoms with Gasteiger partial charge in [-0.2, -0.15) is 0 Å². The van der Waals surface area contributed by atoms with Gasteiger partial charge in [0.15, 0.2) is 0 Å². The first-order chi connectivity index (χ1) is 8.20. The highest BCUT2D eigenvalue weighted by Crippen LogP contribution is 2.37. The molecule has 0 aromatic heterocycles. The second kappa shape index (κ2) is 5.17. The number of hydrogen-bond acceptors (Lipinski definition) is 2. The number of esters is 1. The summed E-state index contributed by atoms with van der Waals surface area (Å²) in [7, 11) is 1.47. The molecule has 1 aliphatic rings. The fraction of sp³-hybridized carbons (Fsp3) is 0.400. The fourth-order valence-electron chi connectivity index (χ4n) is 2.49. The van der Waals surface area contributed by atoms with Crippen LogP contribution in [-0.2, 0) is 9.53 Å². The van der Waals surface area contributed by atoms with Crippen LogP contribution in [0.5, 0.6) is 0 Å². The molecule has 1 fully saturated rings. The molecule has 0 radical (unpaired) electrons. The summed E-state index contributed by atoms with van der Waals surface area (Å²) in [5, 5.41) is 0. The molecule has 0 spiro atoms. The Hall–Kier alpha value is -1.57. The van der Waals surface area contributed by atoms with E-state index in [0.717, 1.165) is 12.8 Å². The highest BCUT2D eigenvalue weighted by atomic mass is 16.5. The zero-order valence-corrected chi connectivity index (χ0v) is 10.3. The largest absolute Gasteiger partial charge is 0.469 e. The van der Waals surface area contributed by atoms with Crippen LogP contribution >= 0.6 is 0 Å². The Kier molecular flexibility index (Phi) is 3.62. The predicted molar refractivity (Wildman–Crippen MR) is 68.3 cm³/mol. The molecular formula is C15H18O2. The lowest BCUT2D eigenvalue weighted by Gasteiger charge is -2.10. The molecule has 1 saturated carbocycles. The van der Waals surface area contributed by atoms with Crippen molar-refractivity contribution in [3.8, 4) is 0 Å². The summed E-state index contributed by atoms with van der Waals surface area (Å²) in [4.78, 5) is 11.6. The van der Waals surface area contributed by atoms with E-state index in [2.05, 4.69) is 25.1 Å². The van der Waals surface area contributed by atoms with Gasteiger partial charge < -0.3 is 4.74 Å². The van der Waals surface area contributed by atoms with E-state index < -0.39 is 0 Å². The Morgan fingerprint density at radius 3 is 2.65 bits per heavy atom. The van der Waals surface area contributed by atoms with Crippen molar-refractivity contribution in [3.63, 3.8) is 0 Å². The van der Waals surface area contributed by atoms with Crippen LogP contribution in [0, 0.1) is 11.8 Å². The number of carbonyl (C=O) groups excluding carboxylic acids is 1. The summed E-state index contributed by atoms with van der Waals surface area (Å²) in [6, 6.07) is 10.2. The zero-order chi connectivity index (χ0) is 12.3. The average Bonchev–Trinajstić information content (AvgIpc) is 2.70. The molecule has 90 valence electrons. The van der Waals surface area contributed by atoms with E-state index in [1.54, 1.807) is 0 Å². The van der Waals surface area contributed by atoms with Crippen LogP contribution in [0.3, 0.4) is 0 Å². The molecule has 1 aromatic rings. The molecular weight excluding hydrogens is 212 g/mol. The Morgan fingerprint density at radius 1 is 1.29 bits per heavy atom. The Bertz CT molecular complexity index is 420. The van der Waals surface area contributed by atoms with Crippen molar-refractivity contribution in [2.75, 3.05) is 7.11 Å². The van der Waals surface area contributed by atoms with Gasteiger partial charge in [-0.3, -0.25) is 4.79 Å². The van der Waals surface area contributed by atoms with Gasteiger partial charge in [-0.1, -0.05) is 48.9 Å². The molecule has 0 N–H and O–H groups in total. The van der Waals surface area contributed by atoms with E-state index in [1.165, 1.54) is 18.2 Å². The van der Waals surface area contributed by atoms with Crippen molar-refractivity contribution >= 4 is 12.0 Å². The molecule has 2 atom stereocenters. The molecule has 2 rings (SSSR count). The van der Waals surface area contributed by atoms with Crippen molar-refractivity contribution in [1.29, 1.82) is 0 Å². The van der Waals surface area contributed by atoms with Crippen LogP contribution in [0.4, 0.5) is 0 Å². The number of ether oxygens (including phenoxy) is 1. The zero-order valence-electron chi connectivity index (χ0n) is 10.3. The quantitative estimate of drug-likeness (QED) is 0.729. The topological polar surface area (TPSA) is 26.3 Å². The number of allylic oxidation sites excluding steroid dienone is 1. The molecule has 1 aromatic carbocycles. The summed E-state index contributed by atoms with van der Waals surface area (Å²) in [5.41, 5.74) is 2.55. The van der Waals surface area contributed by atoms with E-state index in [0.29, 0.717) is 5.92 Å². The van der Waals surface area contributed by atoms with E-state index in [1.807, 2.05) is 18.2 Å². The van der Waals surface area contributed by atoms with Gasteiger partial charge in [0.2, 0.25) is 0 Å².